The molecule has 0 aromatic heterocycles. The Morgan fingerprint density at radius 2 is 1.04 bits per heavy atom. The van der Waals surface area contributed by atoms with Gasteiger partial charge in [-0.1, -0.05) is 81.4 Å². The van der Waals surface area contributed by atoms with Gasteiger partial charge in [0.1, 0.15) is 0 Å². The second kappa shape index (κ2) is 11.3. The molecule has 0 atom stereocenters. The van der Waals surface area contributed by atoms with Gasteiger partial charge in [-0.05, 0) is 18.1 Å². The van der Waals surface area contributed by atoms with Crippen LogP contribution in [0.15, 0.2) is 66.7 Å². The zero-order chi connectivity index (χ0) is 15.7. The first-order chi connectivity index (χ1) is 10.5. The summed E-state index contributed by atoms with van der Waals surface area (Å²) in [6.07, 6.45) is 0. The van der Waals surface area contributed by atoms with Crippen LogP contribution in [-0.4, -0.2) is 0 Å². The molecule has 0 radical (unpaired) electrons. The molecule has 4 heteroatoms. The third-order valence-electron chi connectivity index (χ3n) is 5.16. The van der Waals surface area contributed by atoms with Crippen molar-refractivity contribution in [2.75, 3.05) is 0 Å². The minimum atomic E-state index is -0.119. The number of aryl methyl sites for hydroxylation is 1. The van der Waals surface area contributed by atoms with Crippen molar-refractivity contribution in [1.82, 2.24) is 0 Å². The zero-order valence-electron chi connectivity index (χ0n) is 15.5. The van der Waals surface area contributed by atoms with Gasteiger partial charge in [-0.3, -0.25) is 0 Å². The zero-order valence-corrected chi connectivity index (χ0v) is 19.3. The van der Waals surface area contributed by atoms with E-state index in [1.165, 1.54) is 33.4 Å². The van der Waals surface area contributed by atoms with Gasteiger partial charge in [-0.2, -0.15) is 28.3 Å². The third-order valence-corrected chi connectivity index (χ3v) is 5.16. The van der Waals surface area contributed by atoms with Crippen LogP contribution in [0.25, 0.3) is 0 Å². The van der Waals surface area contributed by atoms with E-state index in [2.05, 4.69) is 94.4 Å². The summed E-state index contributed by atoms with van der Waals surface area (Å²) in [7, 11) is 0. The van der Waals surface area contributed by atoms with E-state index in [-0.39, 0.29) is 64.4 Å². The third kappa shape index (κ3) is 4.80. The molecule has 0 saturated carbocycles. The molecule has 26 heavy (non-hydrogen) atoms. The predicted octanol–water partition coefficient (Wildman–Crippen LogP) is -3.31. The topological polar surface area (TPSA) is 0 Å². The van der Waals surface area contributed by atoms with Gasteiger partial charge in [-0.25, -0.2) is 0 Å². The van der Waals surface area contributed by atoms with Gasteiger partial charge in [0.15, 0.2) is 0 Å². The summed E-state index contributed by atoms with van der Waals surface area (Å²) in [5.74, 6) is 0. The van der Waals surface area contributed by atoms with Crippen molar-refractivity contribution >= 4 is 0 Å². The molecule has 3 rings (SSSR count). The molecule has 0 fully saturated rings. The van der Waals surface area contributed by atoms with E-state index < -0.39 is 0 Å². The molecule has 3 aromatic carbocycles. The average molecular weight is 442 g/mol. The number of hydrogen-bond donors (Lipinski definition) is 0. The normalized spacial score (nSPS) is 9.85. The van der Waals surface area contributed by atoms with Crippen molar-refractivity contribution in [2.24, 2.45) is 0 Å². The Morgan fingerprint density at radius 1 is 0.654 bits per heavy atom. The molecule has 0 unspecified atom stereocenters. The van der Waals surface area contributed by atoms with Crippen LogP contribution in [0, 0.1) is 20.8 Å². The first-order valence-corrected chi connectivity index (χ1v) is 7.90. The van der Waals surface area contributed by atoms with E-state index in [0.717, 1.165) is 0 Å². The van der Waals surface area contributed by atoms with E-state index in [0.29, 0.717) is 0 Å². The van der Waals surface area contributed by atoms with Crippen molar-refractivity contribution in [3.05, 3.63) is 100 Å². The summed E-state index contributed by atoms with van der Waals surface area (Å²) >= 11 is 0. The van der Waals surface area contributed by atoms with Crippen LogP contribution in [0.3, 0.4) is 0 Å². The SMILES string of the molecule is Cc1[cH-]c(C(C)(c2ccccc2)c2ccccc2)c(C)c1C.[Cl-].[Cl-].[Cl-].[Ti+4]. The number of benzene rings is 2. The molecule has 0 amide bonds. The summed E-state index contributed by atoms with van der Waals surface area (Å²) in [6, 6.07) is 24.0. The van der Waals surface area contributed by atoms with Gasteiger partial charge in [0, 0.05) is 5.41 Å². The minimum Gasteiger partial charge on any atom is -1.00 e. The molecule has 0 saturated heterocycles. The predicted molar refractivity (Wildman–Crippen MR) is 94.7 cm³/mol. The maximum absolute atomic E-state index is 2.37. The monoisotopic (exact) mass is 440 g/mol. The molecule has 0 aliphatic carbocycles. The van der Waals surface area contributed by atoms with Gasteiger partial charge in [0.2, 0.25) is 0 Å². The minimum absolute atomic E-state index is 0. The molecule has 0 spiro atoms. The van der Waals surface area contributed by atoms with E-state index in [9.17, 15) is 0 Å². The van der Waals surface area contributed by atoms with Crippen LogP contribution in [-0.2, 0) is 27.1 Å². The van der Waals surface area contributed by atoms with Gasteiger partial charge in [0.25, 0.3) is 0 Å². The second-order valence-corrected chi connectivity index (χ2v) is 6.35. The maximum Gasteiger partial charge on any atom is 4.00 e. The molecular formula is C22H23Cl3Ti. The van der Waals surface area contributed by atoms with Crippen LogP contribution in [0.1, 0.15) is 40.3 Å². The number of halogens is 3. The van der Waals surface area contributed by atoms with Crippen LogP contribution >= 0.6 is 0 Å². The second-order valence-electron chi connectivity index (χ2n) is 6.35. The standard InChI is InChI=1S/C22H23.3ClH.Ti/c1-16-15-21(18(3)17(16)2)22(4,19-11-7-5-8-12-19)20-13-9-6-10-14-20;;;;/h5-15H,1-4H3;3*1H;/q-1;;;;+4/p-3. The largest absolute Gasteiger partial charge is 4.00 e. The van der Waals surface area contributed by atoms with Crippen LogP contribution in [0.4, 0.5) is 0 Å². The van der Waals surface area contributed by atoms with Gasteiger partial charge in [0.05, 0.1) is 0 Å². The van der Waals surface area contributed by atoms with Gasteiger partial charge in [-0.15, -0.1) is 0 Å². The number of rotatable bonds is 3. The van der Waals surface area contributed by atoms with E-state index in [4.69, 9.17) is 0 Å². The molecule has 136 valence electrons. The summed E-state index contributed by atoms with van der Waals surface area (Å²) in [6.45, 7) is 9.04. The first-order valence-electron chi connectivity index (χ1n) is 7.90. The van der Waals surface area contributed by atoms with Crippen molar-refractivity contribution in [3.8, 4) is 0 Å². The van der Waals surface area contributed by atoms with Gasteiger partial charge >= 0.3 is 21.7 Å². The fourth-order valence-corrected chi connectivity index (χ4v) is 3.47. The van der Waals surface area contributed by atoms with Crippen molar-refractivity contribution in [1.29, 1.82) is 0 Å². The van der Waals surface area contributed by atoms with Crippen LogP contribution in [0.5, 0.6) is 0 Å². The van der Waals surface area contributed by atoms with Crippen molar-refractivity contribution in [2.45, 2.75) is 33.1 Å². The fraction of sp³-hybridized carbons (Fsp3) is 0.227. The Balaban J connectivity index is 0. The Kier molecular flexibility index (Phi) is 12.0. The maximum atomic E-state index is 2.37. The quantitative estimate of drug-likeness (QED) is 0.295. The van der Waals surface area contributed by atoms with Crippen LogP contribution in [0.2, 0.25) is 0 Å². The van der Waals surface area contributed by atoms with Crippen LogP contribution < -0.4 is 37.2 Å². The molecule has 3 aromatic rings. The summed E-state index contributed by atoms with van der Waals surface area (Å²) in [5.41, 5.74) is 8.18. The Hall–Kier alpha value is -0.626. The fourth-order valence-electron chi connectivity index (χ4n) is 3.47. The summed E-state index contributed by atoms with van der Waals surface area (Å²) < 4.78 is 0. The molecule has 0 bridgehead atoms. The first kappa shape index (κ1) is 27.6. The van der Waals surface area contributed by atoms with E-state index in [1.807, 2.05) is 0 Å². The average Bonchev–Trinajstić information content (AvgIpc) is 2.83. The molecular weight excluding hydrogens is 418 g/mol. The summed E-state index contributed by atoms with van der Waals surface area (Å²) in [5, 5.41) is 0. The summed E-state index contributed by atoms with van der Waals surface area (Å²) in [4.78, 5) is 0. The molecule has 0 aliphatic rings. The molecule has 0 nitrogen and oxygen atoms in total. The van der Waals surface area contributed by atoms with E-state index >= 15 is 0 Å². The smallest absolute Gasteiger partial charge is 1.00 e. The van der Waals surface area contributed by atoms with Gasteiger partial charge < -0.3 is 37.2 Å². The molecule has 0 N–H and O–H groups in total. The van der Waals surface area contributed by atoms with Crippen molar-refractivity contribution in [3.63, 3.8) is 0 Å². The van der Waals surface area contributed by atoms with Crippen molar-refractivity contribution < 1.29 is 58.9 Å². The Morgan fingerprint density at radius 3 is 1.35 bits per heavy atom. The van der Waals surface area contributed by atoms with E-state index in [1.54, 1.807) is 0 Å². The molecule has 0 heterocycles. The Bertz CT molecular complexity index is 740. The number of hydrogen-bond acceptors (Lipinski definition) is 0. The Labute approximate surface area is 191 Å². The molecule has 0 aliphatic heterocycles.